The van der Waals surface area contributed by atoms with Crippen molar-refractivity contribution >= 4 is 33.4 Å². The number of aromatic nitrogens is 2. The van der Waals surface area contributed by atoms with E-state index in [1.54, 1.807) is 0 Å². The van der Waals surface area contributed by atoms with E-state index in [9.17, 15) is 4.79 Å². The molecule has 4 aromatic rings. The quantitative estimate of drug-likeness (QED) is 0.454. The van der Waals surface area contributed by atoms with Crippen LogP contribution in [-0.2, 0) is 6.54 Å². The third-order valence-electron chi connectivity index (χ3n) is 4.90. The van der Waals surface area contributed by atoms with Crippen LogP contribution < -0.4 is 5.32 Å². The van der Waals surface area contributed by atoms with E-state index in [-0.39, 0.29) is 5.91 Å². The maximum Gasteiger partial charge on any atom is 0.257 e. The van der Waals surface area contributed by atoms with E-state index >= 15 is 0 Å². The predicted octanol–water partition coefficient (Wildman–Crippen LogP) is 5.63. The van der Waals surface area contributed by atoms with Gasteiger partial charge < -0.3 is 5.32 Å². The molecule has 0 aliphatic heterocycles. The molecule has 0 saturated heterocycles. The minimum Gasteiger partial charge on any atom is -0.305 e. The van der Waals surface area contributed by atoms with Gasteiger partial charge in [0.05, 0.1) is 5.52 Å². The van der Waals surface area contributed by atoms with Gasteiger partial charge in [-0.2, -0.15) is 5.10 Å². The second-order valence-corrected chi connectivity index (χ2v) is 6.78. The normalized spacial score (nSPS) is 11.1. The Hall–Kier alpha value is -3.14. The first-order valence-electron chi connectivity index (χ1n) is 9.52. The van der Waals surface area contributed by atoms with Crippen LogP contribution >= 0.6 is 0 Å². The Morgan fingerprint density at radius 3 is 2.52 bits per heavy atom. The highest BCUT2D eigenvalue weighted by Crippen LogP contribution is 2.25. The van der Waals surface area contributed by atoms with Crippen LogP contribution in [0.25, 0.3) is 21.7 Å². The molecular formula is C23H23N3O. The maximum atomic E-state index is 13.0. The lowest BCUT2D eigenvalue weighted by atomic mass is 10.0. The fraction of sp³-hybridized carbons (Fsp3) is 0.217. The molecule has 1 N–H and O–H groups in total. The number of anilines is 1. The van der Waals surface area contributed by atoms with E-state index in [4.69, 9.17) is 5.10 Å². The second kappa shape index (κ2) is 7.62. The van der Waals surface area contributed by atoms with E-state index in [0.717, 1.165) is 34.6 Å². The van der Waals surface area contributed by atoms with Crippen LogP contribution in [0.2, 0.25) is 0 Å². The van der Waals surface area contributed by atoms with Crippen LogP contribution in [0, 0.1) is 0 Å². The lowest BCUT2D eigenvalue weighted by Crippen LogP contribution is -2.13. The number of nitrogens with one attached hydrogen (secondary N) is 1. The maximum absolute atomic E-state index is 13.0. The zero-order chi connectivity index (χ0) is 18.6. The number of hydrogen-bond donors (Lipinski definition) is 1. The van der Waals surface area contributed by atoms with Crippen molar-refractivity contribution in [2.75, 3.05) is 5.32 Å². The number of rotatable bonds is 6. The largest absolute Gasteiger partial charge is 0.305 e. The molecule has 4 heteroatoms. The highest BCUT2D eigenvalue weighted by atomic mass is 16.1. The molecule has 4 nitrogen and oxygen atoms in total. The molecule has 0 unspecified atom stereocenters. The third-order valence-corrected chi connectivity index (χ3v) is 4.90. The summed E-state index contributed by atoms with van der Waals surface area (Å²) >= 11 is 0. The standard InChI is InChI=1S/C23H23N3O/c1-2-3-8-16-26-21-15-7-6-13-20(21)22(25-26)24-23(27)19-14-9-11-17-10-4-5-12-18(17)19/h4-7,9-15H,2-3,8,16H2,1H3,(H,24,25,27). The van der Waals surface area contributed by atoms with Crippen molar-refractivity contribution in [2.45, 2.75) is 32.7 Å². The Kier molecular flexibility index (Phi) is 4.88. The van der Waals surface area contributed by atoms with Gasteiger partial charge in [0.1, 0.15) is 0 Å². The zero-order valence-corrected chi connectivity index (χ0v) is 15.5. The topological polar surface area (TPSA) is 46.9 Å². The van der Waals surface area contributed by atoms with Crippen molar-refractivity contribution in [1.82, 2.24) is 9.78 Å². The first-order chi connectivity index (χ1) is 13.3. The summed E-state index contributed by atoms with van der Waals surface area (Å²) in [5.41, 5.74) is 1.72. The van der Waals surface area contributed by atoms with Gasteiger partial charge in [-0.3, -0.25) is 9.48 Å². The molecule has 1 heterocycles. The lowest BCUT2D eigenvalue weighted by Gasteiger charge is -2.06. The molecule has 4 rings (SSSR count). The number of nitrogens with zero attached hydrogens (tertiary/aromatic N) is 2. The zero-order valence-electron chi connectivity index (χ0n) is 15.5. The molecule has 0 spiro atoms. The Morgan fingerprint density at radius 2 is 1.67 bits per heavy atom. The predicted molar refractivity (Wildman–Crippen MR) is 111 cm³/mol. The van der Waals surface area contributed by atoms with Crippen LogP contribution in [0.1, 0.15) is 36.5 Å². The average Bonchev–Trinajstić information content (AvgIpc) is 3.05. The fourth-order valence-corrected chi connectivity index (χ4v) is 3.50. The van der Waals surface area contributed by atoms with E-state index in [2.05, 4.69) is 18.3 Å². The number of unbranched alkanes of at least 4 members (excludes halogenated alkanes) is 2. The molecule has 0 atom stereocenters. The van der Waals surface area contributed by atoms with Crippen molar-refractivity contribution in [3.8, 4) is 0 Å². The molecule has 1 amide bonds. The molecule has 1 aromatic heterocycles. The number of fused-ring (bicyclic) bond motifs is 2. The van der Waals surface area contributed by atoms with Gasteiger partial charge in [0.25, 0.3) is 5.91 Å². The summed E-state index contributed by atoms with van der Waals surface area (Å²) in [5.74, 6) is 0.496. The van der Waals surface area contributed by atoms with Crippen molar-refractivity contribution in [1.29, 1.82) is 0 Å². The number of benzene rings is 3. The second-order valence-electron chi connectivity index (χ2n) is 6.78. The van der Waals surface area contributed by atoms with Gasteiger partial charge in [0.2, 0.25) is 0 Å². The number of hydrogen-bond acceptors (Lipinski definition) is 2. The van der Waals surface area contributed by atoms with Crippen LogP contribution in [0.15, 0.2) is 66.7 Å². The summed E-state index contributed by atoms with van der Waals surface area (Å²) in [6.45, 7) is 3.05. The molecule has 0 aliphatic rings. The first kappa shape index (κ1) is 17.3. The molecule has 0 aliphatic carbocycles. The minimum absolute atomic E-state index is 0.129. The van der Waals surface area contributed by atoms with Gasteiger partial charge in [0.15, 0.2) is 5.82 Å². The van der Waals surface area contributed by atoms with Crippen LogP contribution in [0.5, 0.6) is 0 Å². The number of para-hydroxylation sites is 1. The highest BCUT2D eigenvalue weighted by molar-refractivity contribution is 6.14. The van der Waals surface area contributed by atoms with Crippen molar-refractivity contribution < 1.29 is 4.79 Å². The molecule has 0 radical (unpaired) electrons. The van der Waals surface area contributed by atoms with Crippen LogP contribution in [0.4, 0.5) is 5.82 Å². The Morgan fingerprint density at radius 1 is 0.926 bits per heavy atom. The summed E-state index contributed by atoms with van der Waals surface area (Å²) < 4.78 is 2.00. The SMILES string of the molecule is CCCCCn1nc(NC(=O)c2cccc3ccccc23)c2ccccc21. The molecule has 0 fully saturated rings. The Bertz CT molecular complexity index is 1090. The lowest BCUT2D eigenvalue weighted by molar-refractivity contribution is 0.102. The molecule has 0 bridgehead atoms. The highest BCUT2D eigenvalue weighted by Gasteiger charge is 2.15. The fourth-order valence-electron chi connectivity index (χ4n) is 3.50. The average molecular weight is 357 g/mol. The molecule has 3 aromatic carbocycles. The summed E-state index contributed by atoms with van der Waals surface area (Å²) in [7, 11) is 0. The monoisotopic (exact) mass is 357 g/mol. The van der Waals surface area contributed by atoms with E-state index in [0.29, 0.717) is 11.4 Å². The van der Waals surface area contributed by atoms with Gasteiger partial charge in [0, 0.05) is 17.5 Å². The van der Waals surface area contributed by atoms with Crippen molar-refractivity contribution in [2.24, 2.45) is 0 Å². The smallest absolute Gasteiger partial charge is 0.257 e. The van der Waals surface area contributed by atoms with Gasteiger partial charge in [-0.05, 0) is 35.4 Å². The molecule has 27 heavy (non-hydrogen) atoms. The summed E-state index contributed by atoms with van der Waals surface area (Å²) in [4.78, 5) is 13.0. The van der Waals surface area contributed by atoms with Crippen molar-refractivity contribution in [3.05, 3.63) is 72.3 Å². The van der Waals surface area contributed by atoms with E-state index in [1.165, 1.54) is 12.8 Å². The molecule has 136 valence electrons. The minimum atomic E-state index is -0.129. The summed E-state index contributed by atoms with van der Waals surface area (Å²) in [6, 6.07) is 21.8. The molecule has 0 saturated carbocycles. The number of amides is 1. The van der Waals surface area contributed by atoms with Gasteiger partial charge in [-0.1, -0.05) is 68.3 Å². The van der Waals surface area contributed by atoms with Gasteiger partial charge in [-0.25, -0.2) is 0 Å². The molecular weight excluding hydrogens is 334 g/mol. The Labute approximate surface area is 158 Å². The number of carbonyl (C=O) groups is 1. The number of carbonyl (C=O) groups excluding carboxylic acids is 1. The van der Waals surface area contributed by atoms with E-state index < -0.39 is 0 Å². The van der Waals surface area contributed by atoms with Crippen LogP contribution in [0.3, 0.4) is 0 Å². The van der Waals surface area contributed by atoms with Crippen LogP contribution in [-0.4, -0.2) is 15.7 Å². The third kappa shape index (κ3) is 3.43. The first-order valence-corrected chi connectivity index (χ1v) is 9.52. The summed E-state index contributed by atoms with van der Waals surface area (Å²) in [6.07, 6.45) is 3.43. The Balaban J connectivity index is 1.67. The van der Waals surface area contributed by atoms with Crippen molar-refractivity contribution in [3.63, 3.8) is 0 Å². The number of aryl methyl sites for hydroxylation is 1. The van der Waals surface area contributed by atoms with Gasteiger partial charge >= 0.3 is 0 Å². The van der Waals surface area contributed by atoms with E-state index in [1.807, 2.05) is 65.3 Å². The summed E-state index contributed by atoms with van der Waals surface area (Å²) in [5, 5.41) is 10.7. The van der Waals surface area contributed by atoms with Gasteiger partial charge in [-0.15, -0.1) is 0 Å².